The molecule has 0 saturated heterocycles. The highest BCUT2D eigenvalue weighted by Gasteiger charge is 2.30. The summed E-state index contributed by atoms with van der Waals surface area (Å²) in [7, 11) is 0. The number of nitrogens with one attached hydrogen (secondary N) is 1. The molecule has 0 radical (unpaired) electrons. The molecule has 4 nitrogen and oxygen atoms in total. The van der Waals surface area contributed by atoms with Crippen LogP contribution in [0, 0.1) is 0 Å². The van der Waals surface area contributed by atoms with Crippen LogP contribution in [0.2, 0.25) is 0 Å². The molecular formula is C20H21NO3. The highest BCUT2D eigenvalue weighted by Crippen LogP contribution is 2.36. The molecule has 2 aromatic rings. The lowest BCUT2D eigenvalue weighted by molar-refractivity contribution is -0.122. The second-order valence-electron chi connectivity index (χ2n) is 6.35. The Morgan fingerprint density at radius 3 is 2.29 bits per heavy atom. The maximum absolute atomic E-state index is 12.0. The zero-order valence-corrected chi connectivity index (χ0v) is 13.4. The number of aryl methyl sites for hydroxylation is 1. The lowest BCUT2D eigenvalue weighted by Gasteiger charge is -2.36. The number of hydrogen-bond donors (Lipinski definition) is 2. The van der Waals surface area contributed by atoms with Crippen LogP contribution in [-0.4, -0.2) is 23.0 Å². The number of aromatic carboxylic acids is 1. The summed E-state index contributed by atoms with van der Waals surface area (Å²) in [6.45, 7) is 0. The first-order valence-electron chi connectivity index (χ1n) is 8.28. The zero-order chi connectivity index (χ0) is 16.9. The molecule has 0 bridgehead atoms. The van der Waals surface area contributed by atoms with Crippen LogP contribution in [0.1, 0.15) is 46.7 Å². The Hall–Kier alpha value is -2.62. The Morgan fingerprint density at radius 1 is 1.00 bits per heavy atom. The van der Waals surface area contributed by atoms with Crippen LogP contribution < -0.4 is 5.32 Å². The van der Waals surface area contributed by atoms with Gasteiger partial charge in [-0.2, -0.15) is 0 Å². The number of benzene rings is 2. The van der Waals surface area contributed by atoms with Gasteiger partial charge in [-0.15, -0.1) is 0 Å². The summed E-state index contributed by atoms with van der Waals surface area (Å²) in [6, 6.07) is 17.4. The van der Waals surface area contributed by atoms with Crippen molar-refractivity contribution in [3.05, 3.63) is 71.3 Å². The van der Waals surface area contributed by atoms with E-state index in [4.69, 9.17) is 5.11 Å². The van der Waals surface area contributed by atoms with Gasteiger partial charge in [0.25, 0.3) is 0 Å². The molecule has 0 spiro atoms. The van der Waals surface area contributed by atoms with E-state index in [2.05, 4.69) is 29.6 Å². The van der Waals surface area contributed by atoms with Crippen LogP contribution in [0.5, 0.6) is 0 Å². The van der Waals surface area contributed by atoms with Gasteiger partial charge in [-0.1, -0.05) is 42.5 Å². The van der Waals surface area contributed by atoms with Crippen molar-refractivity contribution in [1.29, 1.82) is 0 Å². The molecule has 3 rings (SSSR count). The molecule has 24 heavy (non-hydrogen) atoms. The summed E-state index contributed by atoms with van der Waals surface area (Å²) in [4.78, 5) is 22.8. The van der Waals surface area contributed by atoms with Crippen LogP contribution in [-0.2, 0) is 11.2 Å². The van der Waals surface area contributed by atoms with Gasteiger partial charge in [0, 0.05) is 12.5 Å². The van der Waals surface area contributed by atoms with E-state index in [1.165, 1.54) is 5.56 Å². The Kier molecular flexibility index (Phi) is 4.94. The van der Waals surface area contributed by atoms with Gasteiger partial charge in [0.15, 0.2) is 0 Å². The van der Waals surface area contributed by atoms with Gasteiger partial charge < -0.3 is 10.4 Å². The van der Waals surface area contributed by atoms with E-state index in [1.807, 2.05) is 6.07 Å². The number of carboxylic acids is 1. The highest BCUT2D eigenvalue weighted by molar-refractivity contribution is 5.87. The fourth-order valence-corrected chi connectivity index (χ4v) is 3.10. The van der Waals surface area contributed by atoms with Crippen LogP contribution in [0.25, 0.3) is 0 Å². The predicted octanol–water partition coefficient (Wildman–Crippen LogP) is 3.38. The number of carboxylic acid groups (broad SMARTS) is 1. The predicted molar refractivity (Wildman–Crippen MR) is 92.1 cm³/mol. The quantitative estimate of drug-likeness (QED) is 0.856. The van der Waals surface area contributed by atoms with Crippen molar-refractivity contribution < 1.29 is 14.7 Å². The molecule has 2 N–H and O–H groups in total. The Labute approximate surface area is 141 Å². The Morgan fingerprint density at radius 2 is 1.67 bits per heavy atom. The minimum atomic E-state index is -0.933. The minimum absolute atomic E-state index is 0.0637. The van der Waals surface area contributed by atoms with Crippen molar-refractivity contribution in [2.45, 2.75) is 37.6 Å². The first-order chi connectivity index (χ1) is 11.6. The maximum atomic E-state index is 12.0. The normalized spacial score (nSPS) is 19.3. The van der Waals surface area contributed by atoms with Crippen LogP contribution in [0.15, 0.2) is 54.6 Å². The molecule has 0 aromatic heterocycles. The van der Waals surface area contributed by atoms with E-state index < -0.39 is 5.97 Å². The first-order valence-corrected chi connectivity index (χ1v) is 8.28. The summed E-state index contributed by atoms with van der Waals surface area (Å²) in [5.41, 5.74) is 2.59. The average molecular weight is 323 g/mol. The van der Waals surface area contributed by atoms with Gasteiger partial charge in [0.05, 0.1) is 5.56 Å². The molecule has 0 aliphatic heterocycles. The third kappa shape index (κ3) is 4.02. The van der Waals surface area contributed by atoms with Crippen molar-refractivity contribution in [3.8, 4) is 0 Å². The largest absolute Gasteiger partial charge is 0.478 e. The highest BCUT2D eigenvalue weighted by atomic mass is 16.4. The second kappa shape index (κ2) is 7.30. The molecule has 124 valence electrons. The van der Waals surface area contributed by atoms with E-state index >= 15 is 0 Å². The fourth-order valence-electron chi connectivity index (χ4n) is 3.10. The minimum Gasteiger partial charge on any atom is -0.478 e. The SMILES string of the molecule is O=C(CCc1ccc(C(=O)O)cc1)NC1CC(c2ccccc2)C1. The summed E-state index contributed by atoms with van der Waals surface area (Å²) >= 11 is 0. The summed E-state index contributed by atoms with van der Waals surface area (Å²) in [5.74, 6) is -0.314. The molecule has 0 heterocycles. The van der Waals surface area contributed by atoms with Crippen LogP contribution in [0.4, 0.5) is 0 Å². The molecule has 1 aliphatic rings. The molecule has 1 amide bonds. The second-order valence-corrected chi connectivity index (χ2v) is 6.35. The molecule has 1 saturated carbocycles. The summed E-state index contributed by atoms with van der Waals surface area (Å²) < 4.78 is 0. The van der Waals surface area contributed by atoms with Crippen molar-refractivity contribution in [3.63, 3.8) is 0 Å². The van der Waals surface area contributed by atoms with Gasteiger partial charge in [0.2, 0.25) is 5.91 Å². The number of carbonyl (C=O) groups excluding carboxylic acids is 1. The van der Waals surface area contributed by atoms with Gasteiger partial charge in [-0.3, -0.25) is 4.79 Å². The van der Waals surface area contributed by atoms with Gasteiger partial charge >= 0.3 is 5.97 Å². The third-order valence-electron chi connectivity index (χ3n) is 4.62. The van der Waals surface area contributed by atoms with E-state index in [9.17, 15) is 9.59 Å². The van der Waals surface area contributed by atoms with Crippen molar-refractivity contribution in [2.75, 3.05) is 0 Å². The van der Waals surface area contributed by atoms with Gasteiger partial charge in [0.1, 0.15) is 0 Å². The summed E-state index contributed by atoms with van der Waals surface area (Å²) in [5, 5.41) is 11.9. The van der Waals surface area contributed by atoms with Gasteiger partial charge in [-0.05, 0) is 48.4 Å². The molecule has 0 unspecified atom stereocenters. The zero-order valence-electron chi connectivity index (χ0n) is 13.4. The lowest BCUT2D eigenvalue weighted by atomic mass is 9.76. The van der Waals surface area contributed by atoms with E-state index in [-0.39, 0.29) is 17.5 Å². The van der Waals surface area contributed by atoms with E-state index in [0.29, 0.717) is 18.8 Å². The topological polar surface area (TPSA) is 66.4 Å². The van der Waals surface area contributed by atoms with E-state index in [0.717, 1.165) is 18.4 Å². The standard InChI is InChI=1S/C20H21NO3/c22-19(11-8-14-6-9-16(10-7-14)20(23)24)21-18-12-17(13-18)15-4-2-1-3-5-15/h1-7,9-10,17-18H,8,11-13H2,(H,21,22)(H,23,24). The Balaban J connectivity index is 1.40. The summed E-state index contributed by atoms with van der Waals surface area (Å²) in [6.07, 6.45) is 3.06. The van der Waals surface area contributed by atoms with Crippen molar-refractivity contribution >= 4 is 11.9 Å². The number of rotatable bonds is 6. The lowest BCUT2D eigenvalue weighted by Crippen LogP contribution is -2.43. The van der Waals surface area contributed by atoms with Gasteiger partial charge in [-0.25, -0.2) is 4.79 Å². The van der Waals surface area contributed by atoms with Crippen molar-refractivity contribution in [1.82, 2.24) is 5.32 Å². The van der Waals surface area contributed by atoms with Crippen molar-refractivity contribution in [2.24, 2.45) is 0 Å². The molecular weight excluding hydrogens is 302 g/mol. The first kappa shape index (κ1) is 16.2. The van der Waals surface area contributed by atoms with E-state index in [1.54, 1.807) is 24.3 Å². The fraction of sp³-hybridized carbons (Fsp3) is 0.300. The number of amides is 1. The number of hydrogen-bond acceptors (Lipinski definition) is 2. The third-order valence-corrected chi connectivity index (χ3v) is 4.62. The maximum Gasteiger partial charge on any atom is 0.335 e. The average Bonchev–Trinajstić information content (AvgIpc) is 2.57. The molecule has 1 fully saturated rings. The molecule has 2 aromatic carbocycles. The molecule has 4 heteroatoms. The van der Waals surface area contributed by atoms with Crippen LogP contribution >= 0.6 is 0 Å². The smallest absolute Gasteiger partial charge is 0.335 e. The molecule has 0 atom stereocenters. The monoisotopic (exact) mass is 323 g/mol. The molecule has 1 aliphatic carbocycles. The number of carbonyl (C=O) groups is 2. The Bertz CT molecular complexity index is 703. The van der Waals surface area contributed by atoms with Crippen LogP contribution in [0.3, 0.4) is 0 Å².